The summed E-state index contributed by atoms with van der Waals surface area (Å²) >= 11 is 7.47. The van der Waals surface area contributed by atoms with Crippen LogP contribution >= 0.6 is 23.1 Å². The second-order valence-electron chi connectivity index (χ2n) is 5.88. The van der Waals surface area contributed by atoms with Gasteiger partial charge in [0, 0.05) is 11.6 Å². The van der Waals surface area contributed by atoms with Gasteiger partial charge in [0.25, 0.3) is 0 Å². The topological polar surface area (TPSA) is 80.9 Å². The average Bonchev–Trinajstić information content (AvgIpc) is 3.29. The largest absolute Gasteiger partial charge is 0.476 e. The van der Waals surface area contributed by atoms with Crippen molar-refractivity contribution >= 4 is 29.1 Å². The van der Waals surface area contributed by atoms with E-state index in [2.05, 4.69) is 14.5 Å². The summed E-state index contributed by atoms with van der Waals surface area (Å²) in [6, 6.07) is 16.5. The predicted molar refractivity (Wildman–Crippen MR) is 105 cm³/mol. The second kappa shape index (κ2) is 6.94. The molecule has 0 aliphatic carbocycles. The van der Waals surface area contributed by atoms with Crippen molar-refractivity contribution in [1.82, 2.24) is 19.1 Å². The Balaban J connectivity index is 1.85. The number of carbonyl (C=O) groups is 1. The number of rotatable bonds is 4. The number of halogens is 1. The summed E-state index contributed by atoms with van der Waals surface area (Å²) < 4.78 is 5.92. The Hall–Kier alpha value is -3.03. The highest BCUT2D eigenvalue weighted by Gasteiger charge is 2.20. The van der Waals surface area contributed by atoms with Crippen molar-refractivity contribution in [2.45, 2.75) is 6.92 Å². The van der Waals surface area contributed by atoms with E-state index in [9.17, 15) is 9.90 Å². The van der Waals surface area contributed by atoms with Crippen molar-refractivity contribution in [2.24, 2.45) is 0 Å². The molecule has 0 spiro atoms. The number of carboxylic acid groups (broad SMARTS) is 1. The van der Waals surface area contributed by atoms with Gasteiger partial charge in [0.2, 0.25) is 0 Å². The third kappa shape index (κ3) is 3.34. The number of carboxylic acids is 1. The molecule has 0 saturated carbocycles. The van der Waals surface area contributed by atoms with Gasteiger partial charge in [-0.1, -0.05) is 47.5 Å². The number of nitrogens with zero attached hydrogens (tertiary/aromatic N) is 4. The molecule has 8 heteroatoms. The summed E-state index contributed by atoms with van der Waals surface area (Å²) in [4.78, 5) is 16.0. The standard InChI is InChI=1S/C19H13ClN4O2S/c1-11-5-4-6-12(9-11)17-21-18(27-23-17)16-10-14(19(25)26)22-24(16)15-8-3-2-7-13(15)20/h2-10H,1H3,(H,25,26). The molecule has 0 fully saturated rings. The van der Waals surface area contributed by atoms with E-state index in [0.29, 0.717) is 27.2 Å². The predicted octanol–water partition coefficient (Wildman–Crippen LogP) is 4.72. The van der Waals surface area contributed by atoms with Crippen LogP contribution in [0.1, 0.15) is 16.1 Å². The minimum absolute atomic E-state index is 0.0859. The molecule has 0 aliphatic heterocycles. The summed E-state index contributed by atoms with van der Waals surface area (Å²) in [6.07, 6.45) is 0. The zero-order valence-corrected chi connectivity index (χ0v) is 15.7. The Kier molecular flexibility index (Phi) is 4.47. The van der Waals surface area contributed by atoms with Crippen molar-refractivity contribution in [1.29, 1.82) is 0 Å². The van der Waals surface area contributed by atoms with Gasteiger partial charge in [-0.2, -0.15) is 9.47 Å². The Labute approximate surface area is 163 Å². The van der Waals surface area contributed by atoms with E-state index in [1.807, 2.05) is 37.3 Å². The highest BCUT2D eigenvalue weighted by Crippen LogP contribution is 2.31. The van der Waals surface area contributed by atoms with Gasteiger partial charge in [0.15, 0.2) is 16.5 Å². The molecule has 2 aromatic carbocycles. The third-order valence-electron chi connectivity index (χ3n) is 3.93. The van der Waals surface area contributed by atoms with Gasteiger partial charge in [0.1, 0.15) is 5.69 Å². The zero-order valence-electron chi connectivity index (χ0n) is 14.1. The van der Waals surface area contributed by atoms with Crippen LogP contribution in [-0.2, 0) is 0 Å². The lowest BCUT2D eigenvalue weighted by atomic mass is 10.1. The highest BCUT2D eigenvalue weighted by atomic mass is 35.5. The molecule has 27 heavy (non-hydrogen) atoms. The number of aromatic carboxylic acids is 1. The maximum atomic E-state index is 11.4. The van der Waals surface area contributed by atoms with Crippen LogP contribution in [0.3, 0.4) is 0 Å². The molecule has 1 N–H and O–H groups in total. The minimum Gasteiger partial charge on any atom is -0.476 e. The fourth-order valence-electron chi connectivity index (χ4n) is 2.67. The molecule has 134 valence electrons. The molecule has 0 atom stereocenters. The monoisotopic (exact) mass is 396 g/mol. The summed E-state index contributed by atoms with van der Waals surface area (Å²) in [5.41, 5.74) is 3.03. The highest BCUT2D eigenvalue weighted by molar-refractivity contribution is 7.09. The number of para-hydroxylation sites is 1. The SMILES string of the molecule is Cc1cccc(-c2nsc(-c3cc(C(=O)O)nn3-c3ccccc3Cl)n2)c1. The molecule has 4 rings (SSSR count). The Morgan fingerprint density at radius 1 is 1.15 bits per heavy atom. The van der Waals surface area contributed by atoms with Crippen LogP contribution in [0.5, 0.6) is 0 Å². The van der Waals surface area contributed by atoms with Crippen LogP contribution in [0.2, 0.25) is 5.02 Å². The Bertz CT molecular complexity index is 1150. The van der Waals surface area contributed by atoms with E-state index in [1.165, 1.54) is 22.3 Å². The van der Waals surface area contributed by atoms with E-state index >= 15 is 0 Å². The van der Waals surface area contributed by atoms with E-state index in [4.69, 9.17) is 11.6 Å². The molecule has 2 heterocycles. The number of benzene rings is 2. The zero-order chi connectivity index (χ0) is 19.0. The smallest absolute Gasteiger partial charge is 0.356 e. The quantitative estimate of drug-likeness (QED) is 0.540. The first-order valence-electron chi connectivity index (χ1n) is 8.02. The van der Waals surface area contributed by atoms with Gasteiger partial charge >= 0.3 is 5.97 Å². The Morgan fingerprint density at radius 2 is 1.96 bits per heavy atom. The molecular weight excluding hydrogens is 384 g/mol. The van der Waals surface area contributed by atoms with Gasteiger partial charge < -0.3 is 5.11 Å². The molecule has 0 saturated heterocycles. The van der Waals surface area contributed by atoms with Crippen LogP contribution < -0.4 is 0 Å². The van der Waals surface area contributed by atoms with Crippen LogP contribution in [-0.4, -0.2) is 30.2 Å². The third-order valence-corrected chi connectivity index (χ3v) is 4.99. The van der Waals surface area contributed by atoms with E-state index in [0.717, 1.165) is 11.1 Å². The molecule has 0 unspecified atom stereocenters. The minimum atomic E-state index is -1.12. The molecule has 2 aromatic heterocycles. The summed E-state index contributed by atoms with van der Waals surface area (Å²) in [5, 5.41) is 14.6. The second-order valence-corrected chi connectivity index (χ2v) is 7.03. The van der Waals surface area contributed by atoms with Gasteiger partial charge in [-0.3, -0.25) is 0 Å². The van der Waals surface area contributed by atoms with Gasteiger partial charge in [-0.25, -0.2) is 14.5 Å². The number of hydrogen-bond acceptors (Lipinski definition) is 5. The molecule has 6 nitrogen and oxygen atoms in total. The van der Waals surface area contributed by atoms with Gasteiger partial charge in [0.05, 0.1) is 10.7 Å². The first-order valence-corrected chi connectivity index (χ1v) is 9.17. The molecule has 0 bridgehead atoms. The summed E-state index contributed by atoms with van der Waals surface area (Å²) in [5.74, 6) is -0.534. The first-order chi connectivity index (χ1) is 13.0. The van der Waals surface area contributed by atoms with Gasteiger partial charge in [-0.05, 0) is 36.7 Å². The molecule has 0 aliphatic rings. The van der Waals surface area contributed by atoms with Crippen molar-refractivity contribution in [2.75, 3.05) is 0 Å². The number of aryl methyl sites for hydroxylation is 1. The first kappa shape index (κ1) is 17.4. The molecule has 0 radical (unpaired) electrons. The van der Waals surface area contributed by atoms with Crippen LogP contribution in [0.15, 0.2) is 54.6 Å². The lowest BCUT2D eigenvalue weighted by Gasteiger charge is -2.06. The van der Waals surface area contributed by atoms with Crippen molar-refractivity contribution in [3.05, 3.63) is 70.9 Å². The lowest BCUT2D eigenvalue weighted by molar-refractivity contribution is 0.0690. The van der Waals surface area contributed by atoms with Gasteiger partial charge in [-0.15, -0.1) is 0 Å². The fraction of sp³-hybridized carbons (Fsp3) is 0.0526. The number of hydrogen-bond donors (Lipinski definition) is 1. The van der Waals surface area contributed by atoms with Crippen LogP contribution in [0.4, 0.5) is 0 Å². The molecule has 0 amide bonds. The summed E-state index contributed by atoms with van der Waals surface area (Å²) in [6.45, 7) is 2.00. The van der Waals surface area contributed by atoms with Crippen LogP contribution in [0.25, 0.3) is 27.8 Å². The Morgan fingerprint density at radius 3 is 2.70 bits per heavy atom. The normalized spacial score (nSPS) is 10.9. The maximum absolute atomic E-state index is 11.4. The molecule has 4 aromatic rings. The van der Waals surface area contributed by atoms with E-state index < -0.39 is 5.97 Å². The van der Waals surface area contributed by atoms with E-state index in [-0.39, 0.29) is 5.69 Å². The summed E-state index contributed by atoms with van der Waals surface area (Å²) in [7, 11) is 0. The number of aromatic nitrogens is 4. The average molecular weight is 397 g/mol. The van der Waals surface area contributed by atoms with Crippen molar-refractivity contribution in [3.63, 3.8) is 0 Å². The van der Waals surface area contributed by atoms with Crippen LogP contribution in [0, 0.1) is 6.92 Å². The van der Waals surface area contributed by atoms with Crippen molar-refractivity contribution in [3.8, 4) is 27.8 Å². The fourth-order valence-corrected chi connectivity index (χ4v) is 3.58. The molecular formula is C19H13ClN4O2S. The van der Waals surface area contributed by atoms with Crippen molar-refractivity contribution < 1.29 is 9.90 Å². The maximum Gasteiger partial charge on any atom is 0.356 e. The lowest BCUT2D eigenvalue weighted by Crippen LogP contribution is -2.02. The van der Waals surface area contributed by atoms with E-state index in [1.54, 1.807) is 18.2 Å².